The fourth-order valence-electron chi connectivity index (χ4n) is 0.569. The van der Waals surface area contributed by atoms with Crippen LogP contribution >= 0.6 is 0 Å². The molecule has 3 nitrogen and oxygen atoms in total. The zero-order chi connectivity index (χ0) is 8.69. The maximum Gasteiger partial charge on any atom is 0.245 e. The van der Waals surface area contributed by atoms with Gasteiger partial charge < -0.3 is 10.6 Å². The number of amides is 1. The van der Waals surface area contributed by atoms with Gasteiger partial charge in [0.2, 0.25) is 5.91 Å². The Kier molecular flexibility index (Phi) is 5.47. The van der Waals surface area contributed by atoms with Gasteiger partial charge in [-0.05, 0) is 25.5 Å². The summed E-state index contributed by atoms with van der Waals surface area (Å²) >= 11 is 0. The molecule has 0 spiro atoms. The number of unbranched alkanes of at least 4 members (excludes halogenated alkanes) is 1. The highest BCUT2D eigenvalue weighted by molar-refractivity contribution is 5.86. The third-order valence-corrected chi connectivity index (χ3v) is 1.28. The van der Waals surface area contributed by atoms with Gasteiger partial charge in [-0.15, -0.1) is 0 Å². The Morgan fingerprint density at radius 3 is 2.64 bits per heavy atom. The molecule has 0 rings (SSSR count). The van der Waals surface area contributed by atoms with Crippen LogP contribution in [-0.2, 0) is 4.79 Å². The Morgan fingerprint density at radius 2 is 2.18 bits per heavy atom. The maximum atomic E-state index is 10.9. The predicted molar refractivity (Wildman–Crippen MR) is 46.1 cm³/mol. The summed E-state index contributed by atoms with van der Waals surface area (Å²) < 4.78 is 0. The van der Waals surface area contributed by atoms with E-state index in [0.717, 1.165) is 12.8 Å². The molecule has 2 N–H and O–H groups in total. The van der Waals surface area contributed by atoms with Gasteiger partial charge in [-0.1, -0.05) is 6.08 Å². The first-order valence-electron chi connectivity index (χ1n) is 3.76. The number of hydrogen-bond donors (Lipinski definition) is 1. The first-order chi connectivity index (χ1) is 5.18. The van der Waals surface area contributed by atoms with E-state index in [1.807, 2.05) is 6.08 Å². The molecule has 11 heavy (non-hydrogen) atoms. The monoisotopic (exact) mass is 156 g/mol. The van der Waals surface area contributed by atoms with Crippen LogP contribution in [0, 0.1) is 0 Å². The SMILES string of the molecule is CN(C)C(=O)/C=C/CCCN. The number of nitrogens with two attached hydrogens (primary N) is 1. The second-order valence-electron chi connectivity index (χ2n) is 2.57. The van der Waals surface area contributed by atoms with Gasteiger partial charge in [-0.3, -0.25) is 4.79 Å². The predicted octanol–water partition coefficient (Wildman–Crippen LogP) is 0.370. The van der Waals surface area contributed by atoms with Crippen LogP contribution in [0.1, 0.15) is 12.8 Å². The van der Waals surface area contributed by atoms with E-state index in [-0.39, 0.29) is 5.91 Å². The Morgan fingerprint density at radius 1 is 1.55 bits per heavy atom. The molecule has 3 heteroatoms. The van der Waals surface area contributed by atoms with E-state index in [4.69, 9.17) is 5.73 Å². The second-order valence-corrected chi connectivity index (χ2v) is 2.57. The first-order valence-corrected chi connectivity index (χ1v) is 3.76. The number of carbonyl (C=O) groups is 1. The Hall–Kier alpha value is -0.830. The van der Waals surface area contributed by atoms with Crippen molar-refractivity contribution in [2.75, 3.05) is 20.6 Å². The van der Waals surface area contributed by atoms with E-state index in [1.165, 1.54) is 0 Å². The largest absolute Gasteiger partial charge is 0.345 e. The molecule has 0 aliphatic carbocycles. The van der Waals surface area contributed by atoms with Gasteiger partial charge in [0.15, 0.2) is 0 Å². The van der Waals surface area contributed by atoms with Gasteiger partial charge in [-0.25, -0.2) is 0 Å². The van der Waals surface area contributed by atoms with E-state index < -0.39 is 0 Å². The van der Waals surface area contributed by atoms with Crippen LogP contribution in [0.2, 0.25) is 0 Å². The van der Waals surface area contributed by atoms with Gasteiger partial charge in [0.1, 0.15) is 0 Å². The minimum atomic E-state index is 0.0296. The average Bonchev–Trinajstić information content (AvgIpc) is 1.97. The van der Waals surface area contributed by atoms with Crippen LogP contribution in [0.25, 0.3) is 0 Å². The third-order valence-electron chi connectivity index (χ3n) is 1.28. The summed E-state index contributed by atoms with van der Waals surface area (Å²) in [6, 6.07) is 0. The van der Waals surface area contributed by atoms with Crippen LogP contribution in [0.4, 0.5) is 0 Å². The third kappa shape index (κ3) is 5.61. The molecule has 0 saturated carbocycles. The molecule has 0 atom stereocenters. The molecule has 0 heterocycles. The maximum absolute atomic E-state index is 10.9. The van der Waals surface area contributed by atoms with Crippen molar-refractivity contribution >= 4 is 5.91 Å². The highest BCUT2D eigenvalue weighted by Gasteiger charge is 1.94. The number of likely N-dealkylation sites (N-methyl/N-ethyl adjacent to an activating group) is 1. The van der Waals surface area contributed by atoms with E-state index in [9.17, 15) is 4.79 Å². The number of allylic oxidation sites excluding steroid dienone is 1. The molecule has 0 unspecified atom stereocenters. The van der Waals surface area contributed by atoms with Crippen LogP contribution in [0.5, 0.6) is 0 Å². The summed E-state index contributed by atoms with van der Waals surface area (Å²) in [7, 11) is 3.46. The molecule has 0 radical (unpaired) electrons. The van der Waals surface area contributed by atoms with Crippen LogP contribution < -0.4 is 5.73 Å². The second kappa shape index (κ2) is 5.92. The zero-order valence-electron chi connectivity index (χ0n) is 7.21. The standard InChI is InChI=1S/C8H16N2O/c1-10(2)8(11)6-4-3-5-7-9/h4,6H,3,5,7,9H2,1-2H3/b6-4+. The topological polar surface area (TPSA) is 46.3 Å². The van der Waals surface area contributed by atoms with Gasteiger partial charge in [0.05, 0.1) is 0 Å². The average molecular weight is 156 g/mol. The molecule has 0 aliphatic rings. The fourth-order valence-corrected chi connectivity index (χ4v) is 0.569. The lowest BCUT2D eigenvalue weighted by Gasteiger charge is -2.04. The summed E-state index contributed by atoms with van der Waals surface area (Å²) in [5.41, 5.74) is 5.28. The van der Waals surface area contributed by atoms with Gasteiger partial charge in [0.25, 0.3) is 0 Å². The van der Waals surface area contributed by atoms with E-state index >= 15 is 0 Å². The van der Waals surface area contributed by atoms with Crippen molar-refractivity contribution < 1.29 is 4.79 Å². The fraction of sp³-hybridized carbons (Fsp3) is 0.625. The van der Waals surface area contributed by atoms with Gasteiger partial charge in [-0.2, -0.15) is 0 Å². The Labute approximate surface area is 67.9 Å². The highest BCUT2D eigenvalue weighted by atomic mass is 16.2. The molecule has 0 bridgehead atoms. The van der Waals surface area contributed by atoms with Crippen molar-refractivity contribution in [3.63, 3.8) is 0 Å². The molecule has 0 saturated heterocycles. The summed E-state index contributed by atoms with van der Waals surface area (Å²) in [5, 5.41) is 0. The minimum absolute atomic E-state index is 0.0296. The molecular formula is C8H16N2O. The molecule has 0 aliphatic heterocycles. The quantitative estimate of drug-likeness (QED) is 0.472. The molecule has 0 aromatic heterocycles. The normalized spacial score (nSPS) is 10.5. The van der Waals surface area contributed by atoms with Crippen molar-refractivity contribution in [2.45, 2.75) is 12.8 Å². The smallest absolute Gasteiger partial charge is 0.245 e. The summed E-state index contributed by atoms with van der Waals surface area (Å²) in [6.07, 6.45) is 5.26. The molecule has 0 fully saturated rings. The lowest BCUT2D eigenvalue weighted by molar-refractivity contribution is -0.123. The van der Waals surface area contributed by atoms with Crippen molar-refractivity contribution in [1.82, 2.24) is 4.90 Å². The summed E-state index contributed by atoms with van der Waals surface area (Å²) in [6.45, 7) is 0.681. The van der Waals surface area contributed by atoms with Crippen molar-refractivity contribution in [3.05, 3.63) is 12.2 Å². The van der Waals surface area contributed by atoms with Crippen LogP contribution in [0.15, 0.2) is 12.2 Å². The van der Waals surface area contributed by atoms with E-state index in [2.05, 4.69) is 0 Å². The molecule has 1 amide bonds. The lowest BCUT2D eigenvalue weighted by atomic mass is 10.3. The molecule has 0 aromatic rings. The molecule has 0 aromatic carbocycles. The van der Waals surface area contributed by atoms with Crippen LogP contribution in [-0.4, -0.2) is 31.4 Å². The van der Waals surface area contributed by atoms with Crippen molar-refractivity contribution in [3.8, 4) is 0 Å². The Balaban J connectivity index is 3.49. The molecule has 64 valence electrons. The number of hydrogen-bond acceptors (Lipinski definition) is 2. The summed E-state index contributed by atoms with van der Waals surface area (Å²) in [5.74, 6) is 0.0296. The van der Waals surface area contributed by atoms with Gasteiger partial charge >= 0.3 is 0 Å². The first kappa shape index (κ1) is 10.2. The zero-order valence-corrected chi connectivity index (χ0v) is 7.21. The molecular weight excluding hydrogens is 140 g/mol. The summed E-state index contributed by atoms with van der Waals surface area (Å²) in [4.78, 5) is 12.5. The van der Waals surface area contributed by atoms with Crippen LogP contribution in [0.3, 0.4) is 0 Å². The van der Waals surface area contributed by atoms with Crippen molar-refractivity contribution in [1.29, 1.82) is 0 Å². The number of rotatable bonds is 4. The highest BCUT2D eigenvalue weighted by Crippen LogP contribution is 1.89. The van der Waals surface area contributed by atoms with E-state index in [1.54, 1.807) is 25.1 Å². The lowest BCUT2D eigenvalue weighted by Crippen LogP contribution is -2.18. The van der Waals surface area contributed by atoms with Crippen molar-refractivity contribution in [2.24, 2.45) is 5.73 Å². The minimum Gasteiger partial charge on any atom is -0.345 e. The number of carbonyl (C=O) groups excluding carboxylic acids is 1. The van der Waals surface area contributed by atoms with Gasteiger partial charge in [0, 0.05) is 14.1 Å². The number of nitrogens with zero attached hydrogens (tertiary/aromatic N) is 1. The van der Waals surface area contributed by atoms with E-state index in [0.29, 0.717) is 6.54 Å². The Bertz CT molecular complexity index is 141.